The average Bonchev–Trinajstić information content (AvgIpc) is 2.17. The molecule has 1 aromatic rings. The Morgan fingerprint density at radius 2 is 1.73 bits per heavy atom. The molecule has 1 heterocycles. The van der Waals surface area contributed by atoms with Gasteiger partial charge < -0.3 is 0 Å². The van der Waals surface area contributed by atoms with E-state index in [2.05, 4.69) is 4.98 Å². The monoisotopic (exact) mass is 237 g/mol. The first kappa shape index (κ1) is 16.4. The van der Waals surface area contributed by atoms with Crippen molar-refractivity contribution in [2.24, 2.45) is 0 Å². The summed E-state index contributed by atoms with van der Waals surface area (Å²) in [5, 5.41) is 0. The standard InChI is InChI=1S/C5H5N.C4H10O3S.FH/c1-2-4-6-5-3-1;1-2-3-4-8(5,6)7;/h1-5H;2-4H2,1H3,(H,5,6,7);1H. The lowest BCUT2D eigenvalue weighted by atomic mass is 10.4. The van der Waals surface area contributed by atoms with Gasteiger partial charge >= 0.3 is 0 Å². The molecule has 1 N–H and O–H groups in total. The van der Waals surface area contributed by atoms with Gasteiger partial charge in [-0.05, 0) is 18.6 Å². The van der Waals surface area contributed by atoms with E-state index in [1.807, 2.05) is 25.1 Å². The van der Waals surface area contributed by atoms with Crippen molar-refractivity contribution in [1.29, 1.82) is 0 Å². The average molecular weight is 237 g/mol. The van der Waals surface area contributed by atoms with Gasteiger partial charge in [-0.25, -0.2) is 0 Å². The van der Waals surface area contributed by atoms with E-state index in [1.165, 1.54) is 0 Å². The summed E-state index contributed by atoms with van der Waals surface area (Å²) >= 11 is 0. The third kappa shape index (κ3) is 15.7. The van der Waals surface area contributed by atoms with Crippen molar-refractivity contribution in [1.82, 2.24) is 4.98 Å². The minimum atomic E-state index is -3.69. The van der Waals surface area contributed by atoms with Crippen LogP contribution in [0.4, 0.5) is 4.70 Å². The second-order valence-corrected chi connectivity index (χ2v) is 4.24. The predicted molar refractivity (Wildman–Crippen MR) is 58.1 cm³/mol. The topological polar surface area (TPSA) is 67.3 Å². The third-order valence-electron chi connectivity index (χ3n) is 1.32. The van der Waals surface area contributed by atoms with Crippen molar-refractivity contribution in [3.8, 4) is 0 Å². The van der Waals surface area contributed by atoms with Gasteiger partial charge in [-0.2, -0.15) is 8.42 Å². The summed E-state index contributed by atoms with van der Waals surface area (Å²) in [6, 6.07) is 5.72. The lowest BCUT2D eigenvalue weighted by Gasteiger charge is -1.90. The molecule has 88 valence electrons. The Labute approximate surface area is 89.5 Å². The molecule has 0 amide bonds. The Morgan fingerprint density at radius 3 is 1.87 bits per heavy atom. The minimum Gasteiger partial charge on any atom is -0.286 e. The molecule has 0 atom stereocenters. The lowest BCUT2D eigenvalue weighted by Crippen LogP contribution is -2.02. The largest absolute Gasteiger partial charge is 0.286 e. The number of pyridine rings is 1. The van der Waals surface area contributed by atoms with Crippen LogP contribution in [0.3, 0.4) is 0 Å². The Morgan fingerprint density at radius 1 is 1.20 bits per heavy atom. The second-order valence-electron chi connectivity index (χ2n) is 2.66. The van der Waals surface area contributed by atoms with Crippen LogP contribution in [0.15, 0.2) is 30.6 Å². The number of rotatable bonds is 3. The number of hydrogen-bond donors (Lipinski definition) is 1. The van der Waals surface area contributed by atoms with Gasteiger partial charge in [0, 0.05) is 12.4 Å². The summed E-state index contributed by atoms with van der Waals surface area (Å²) in [4.78, 5) is 3.78. The van der Waals surface area contributed by atoms with E-state index in [-0.39, 0.29) is 10.5 Å². The molecule has 0 aliphatic rings. The third-order valence-corrected chi connectivity index (χ3v) is 2.13. The zero-order valence-electron chi connectivity index (χ0n) is 8.54. The maximum atomic E-state index is 9.95. The first-order chi connectivity index (χ1) is 6.56. The highest BCUT2D eigenvalue weighted by atomic mass is 32.2. The summed E-state index contributed by atoms with van der Waals surface area (Å²) < 4.78 is 28.0. The Balaban J connectivity index is 0. The maximum absolute atomic E-state index is 9.95. The van der Waals surface area contributed by atoms with E-state index >= 15 is 0 Å². The van der Waals surface area contributed by atoms with Crippen LogP contribution in [0.5, 0.6) is 0 Å². The van der Waals surface area contributed by atoms with E-state index in [1.54, 1.807) is 12.4 Å². The van der Waals surface area contributed by atoms with Gasteiger partial charge in [0.25, 0.3) is 10.1 Å². The molecule has 0 spiro atoms. The summed E-state index contributed by atoms with van der Waals surface area (Å²) in [5.41, 5.74) is 0. The van der Waals surface area contributed by atoms with Crippen molar-refractivity contribution in [2.45, 2.75) is 19.8 Å². The number of aromatic nitrogens is 1. The molecule has 0 aromatic carbocycles. The number of unbranched alkanes of at least 4 members (excludes halogenated alkanes) is 1. The first-order valence-corrected chi connectivity index (χ1v) is 5.97. The van der Waals surface area contributed by atoms with E-state index < -0.39 is 10.1 Å². The highest BCUT2D eigenvalue weighted by Crippen LogP contribution is 1.90. The highest BCUT2D eigenvalue weighted by Gasteiger charge is 2.00. The van der Waals surface area contributed by atoms with Crippen LogP contribution in [0.25, 0.3) is 0 Å². The molecule has 15 heavy (non-hydrogen) atoms. The summed E-state index contributed by atoms with van der Waals surface area (Å²) in [6.45, 7) is 1.87. The summed E-state index contributed by atoms with van der Waals surface area (Å²) in [7, 11) is -3.69. The molecule has 4 nitrogen and oxygen atoms in total. The van der Waals surface area contributed by atoms with Crippen LogP contribution >= 0.6 is 0 Å². The molecule has 0 saturated carbocycles. The predicted octanol–water partition coefficient (Wildman–Crippen LogP) is 1.91. The van der Waals surface area contributed by atoms with E-state index in [0.717, 1.165) is 6.42 Å². The normalized spacial score (nSPS) is 9.47. The molecule has 1 aromatic heterocycles. The summed E-state index contributed by atoms with van der Waals surface area (Å²) in [6.07, 6.45) is 4.83. The van der Waals surface area contributed by atoms with Gasteiger partial charge in [-0.3, -0.25) is 14.2 Å². The molecule has 0 radical (unpaired) electrons. The van der Waals surface area contributed by atoms with E-state index in [9.17, 15) is 8.42 Å². The van der Waals surface area contributed by atoms with Gasteiger partial charge in [0.2, 0.25) is 0 Å². The van der Waals surface area contributed by atoms with Crippen LogP contribution < -0.4 is 0 Å². The highest BCUT2D eigenvalue weighted by molar-refractivity contribution is 7.85. The Kier molecular flexibility index (Phi) is 10.4. The van der Waals surface area contributed by atoms with Crippen LogP contribution in [0.2, 0.25) is 0 Å². The molecule has 6 heteroatoms. The first-order valence-electron chi connectivity index (χ1n) is 4.36. The number of hydrogen-bond acceptors (Lipinski definition) is 3. The SMILES string of the molecule is CCCCS(=O)(=O)O.F.c1ccncc1. The van der Waals surface area contributed by atoms with Crippen molar-refractivity contribution < 1.29 is 17.7 Å². The van der Waals surface area contributed by atoms with E-state index in [0.29, 0.717) is 6.42 Å². The quantitative estimate of drug-likeness (QED) is 0.815. The molecule has 0 unspecified atom stereocenters. The van der Waals surface area contributed by atoms with Gasteiger partial charge in [0.15, 0.2) is 0 Å². The van der Waals surface area contributed by atoms with Crippen LogP contribution in [-0.2, 0) is 10.1 Å². The maximum Gasteiger partial charge on any atom is 0.264 e. The summed E-state index contributed by atoms with van der Waals surface area (Å²) in [5.74, 6) is -0.108. The number of nitrogens with zero attached hydrogens (tertiary/aromatic N) is 1. The van der Waals surface area contributed by atoms with Gasteiger partial charge in [-0.1, -0.05) is 19.4 Å². The Bertz CT molecular complexity index is 289. The van der Waals surface area contributed by atoms with Crippen LogP contribution in [0, 0.1) is 0 Å². The molecular formula is C9H16FNO3S. The molecular weight excluding hydrogens is 221 g/mol. The van der Waals surface area contributed by atoms with Gasteiger partial charge in [0.1, 0.15) is 0 Å². The van der Waals surface area contributed by atoms with Crippen LogP contribution in [0.1, 0.15) is 19.8 Å². The van der Waals surface area contributed by atoms with Gasteiger partial charge in [0.05, 0.1) is 5.75 Å². The molecule has 0 aliphatic carbocycles. The van der Waals surface area contributed by atoms with E-state index in [4.69, 9.17) is 4.55 Å². The smallest absolute Gasteiger partial charge is 0.264 e. The lowest BCUT2D eigenvalue weighted by molar-refractivity contribution is 0.480. The fourth-order valence-electron chi connectivity index (χ4n) is 0.639. The molecule has 0 bridgehead atoms. The minimum absolute atomic E-state index is 0. The molecule has 1 rings (SSSR count). The van der Waals surface area contributed by atoms with Crippen LogP contribution in [-0.4, -0.2) is 23.7 Å². The second kappa shape index (κ2) is 9.54. The van der Waals surface area contributed by atoms with Crippen molar-refractivity contribution in [2.75, 3.05) is 5.75 Å². The molecule has 0 fully saturated rings. The van der Waals surface area contributed by atoms with Crippen molar-refractivity contribution in [3.05, 3.63) is 30.6 Å². The Hall–Kier alpha value is -1.01. The molecule has 0 saturated heterocycles. The van der Waals surface area contributed by atoms with Crippen molar-refractivity contribution >= 4 is 10.1 Å². The number of halogens is 1. The zero-order chi connectivity index (χ0) is 10.9. The molecule has 0 aliphatic heterocycles. The van der Waals surface area contributed by atoms with Crippen molar-refractivity contribution in [3.63, 3.8) is 0 Å². The van der Waals surface area contributed by atoms with Gasteiger partial charge in [-0.15, -0.1) is 0 Å². The fraction of sp³-hybridized carbons (Fsp3) is 0.444. The fourth-order valence-corrected chi connectivity index (χ4v) is 1.29. The zero-order valence-corrected chi connectivity index (χ0v) is 9.35.